The van der Waals surface area contributed by atoms with E-state index in [1.165, 1.54) is 0 Å². The van der Waals surface area contributed by atoms with E-state index in [0.717, 1.165) is 5.69 Å². The van der Waals surface area contributed by atoms with Crippen molar-refractivity contribution in [2.45, 2.75) is 26.3 Å². The van der Waals surface area contributed by atoms with Gasteiger partial charge in [-0.25, -0.2) is 0 Å². The van der Waals surface area contributed by atoms with Gasteiger partial charge in [0.15, 0.2) is 5.75 Å². The number of benzene rings is 1. The third-order valence-corrected chi connectivity index (χ3v) is 3.44. The predicted octanol–water partition coefficient (Wildman–Crippen LogP) is 1.72. The van der Waals surface area contributed by atoms with Gasteiger partial charge in [-0.15, -0.1) is 0 Å². The molecule has 6 heteroatoms. The zero-order valence-electron chi connectivity index (χ0n) is 12.2. The molecule has 2 rings (SSSR count). The van der Waals surface area contributed by atoms with Crippen molar-refractivity contribution in [3.63, 3.8) is 0 Å². The molecule has 6 nitrogen and oxygen atoms in total. The monoisotopic (exact) mass is 292 g/mol. The number of carbonyl (C=O) groups excluding carboxylic acids is 1. The molecule has 0 aromatic heterocycles. The lowest BCUT2D eigenvalue weighted by Gasteiger charge is -2.24. The number of para-hydroxylation sites is 1. The number of amides is 1. The van der Waals surface area contributed by atoms with Crippen molar-refractivity contribution in [2.24, 2.45) is 5.92 Å². The molecule has 21 heavy (non-hydrogen) atoms. The molecule has 0 aliphatic carbocycles. The van der Waals surface area contributed by atoms with E-state index in [1.807, 2.05) is 19.9 Å². The summed E-state index contributed by atoms with van der Waals surface area (Å²) in [5.41, 5.74) is 1.21. The van der Waals surface area contributed by atoms with Crippen molar-refractivity contribution < 1.29 is 19.4 Å². The van der Waals surface area contributed by atoms with Crippen LogP contribution in [0.1, 0.15) is 30.6 Å². The molecule has 0 fully saturated rings. The number of anilines is 1. The molecule has 1 aliphatic rings. The molecule has 3 N–H and O–H groups in total. The molecule has 0 saturated carbocycles. The van der Waals surface area contributed by atoms with Crippen LogP contribution in [0.5, 0.6) is 5.75 Å². The Morgan fingerprint density at radius 3 is 2.86 bits per heavy atom. The Hall–Kier alpha value is -2.24. The number of carbonyl (C=O) groups is 2. The van der Waals surface area contributed by atoms with Crippen molar-refractivity contribution in [3.05, 3.63) is 23.8 Å². The standard InChI is InChI=1S/C15H20N2O4/c1-9(2)12(8-13(18)19)17-15(20)10-4-3-5-11-14(10)21-7-6-16-11/h3-5,9,12,16H,6-8H2,1-2H3,(H,17,20)(H,18,19). The Balaban J connectivity index is 2.18. The lowest BCUT2D eigenvalue weighted by atomic mass is 10.00. The first-order valence-corrected chi connectivity index (χ1v) is 7.01. The molecule has 114 valence electrons. The van der Waals surface area contributed by atoms with Crippen molar-refractivity contribution in [1.82, 2.24) is 5.32 Å². The normalized spacial score (nSPS) is 14.6. The zero-order chi connectivity index (χ0) is 15.4. The topological polar surface area (TPSA) is 87.7 Å². The van der Waals surface area contributed by atoms with Gasteiger partial charge in [0.2, 0.25) is 0 Å². The highest BCUT2D eigenvalue weighted by Gasteiger charge is 2.24. The van der Waals surface area contributed by atoms with E-state index in [9.17, 15) is 9.59 Å². The maximum Gasteiger partial charge on any atom is 0.305 e. The van der Waals surface area contributed by atoms with Crippen LogP contribution < -0.4 is 15.4 Å². The number of hydrogen-bond donors (Lipinski definition) is 3. The summed E-state index contributed by atoms with van der Waals surface area (Å²) in [6, 6.07) is 4.89. The maximum atomic E-state index is 12.4. The largest absolute Gasteiger partial charge is 0.489 e. The average molecular weight is 292 g/mol. The summed E-state index contributed by atoms with van der Waals surface area (Å²) in [5, 5.41) is 14.9. The van der Waals surface area contributed by atoms with Crippen molar-refractivity contribution >= 4 is 17.6 Å². The Morgan fingerprint density at radius 1 is 1.43 bits per heavy atom. The van der Waals surface area contributed by atoms with Gasteiger partial charge in [0.25, 0.3) is 5.91 Å². The molecule has 1 atom stereocenters. The number of rotatable bonds is 5. The Morgan fingerprint density at radius 2 is 2.19 bits per heavy atom. The third kappa shape index (κ3) is 3.65. The molecule has 0 spiro atoms. The Kier molecular flexibility index (Phi) is 4.67. The third-order valence-electron chi connectivity index (χ3n) is 3.44. The minimum Gasteiger partial charge on any atom is -0.489 e. The molecule has 0 bridgehead atoms. The molecule has 1 aliphatic heterocycles. The number of hydrogen-bond acceptors (Lipinski definition) is 4. The highest BCUT2D eigenvalue weighted by Crippen LogP contribution is 2.31. The van der Waals surface area contributed by atoms with Gasteiger partial charge in [-0.3, -0.25) is 9.59 Å². The van der Waals surface area contributed by atoms with Crippen LogP contribution >= 0.6 is 0 Å². The Labute approximate surface area is 123 Å². The quantitative estimate of drug-likeness (QED) is 0.769. The van der Waals surface area contributed by atoms with Gasteiger partial charge < -0.3 is 20.5 Å². The predicted molar refractivity (Wildman–Crippen MR) is 78.8 cm³/mol. The minimum atomic E-state index is -0.929. The summed E-state index contributed by atoms with van der Waals surface area (Å²) in [6.45, 7) is 4.96. The van der Waals surface area contributed by atoms with Gasteiger partial charge in [0.1, 0.15) is 6.61 Å². The fourth-order valence-electron chi connectivity index (χ4n) is 2.24. The highest BCUT2D eigenvalue weighted by atomic mass is 16.5. The second-order valence-electron chi connectivity index (χ2n) is 5.38. The van der Waals surface area contributed by atoms with Gasteiger partial charge in [0.05, 0.1) is 17.7 Å². The van der Waals surface area contributed by atoms with E-state index in [2.05, 4.69) is 10.6 Å². The van der Waals surface area contributed by atoms with Gasteiger partial charge in [-0.1, -0.05) is 19.9 Å². The van der Waals surface area contributed by atoms with Crippen LogP contribution in [0, 0.1) is 5.92 Å². The van der Waals surface area contributed by atoms with Crippen LogP contribution in [0.4, 0.5) is 5.69 Å². The van der Waals surface area contributed by atoms with E-state index in [0.29, 0.717) is 24.5 Å². The molecule has 1 aromatic rings. The zero-order valence-corrected chi connectivity index (χ0v) is 12.2. The molecular weight excluding hydrogens is 272 g/mol. The van der Waals surface area contributed by atoms with Crippen LogP contribution in [0.2, 0.25) is 0 Å². The number of nitrogens with one attached hydrogen (secondary N) is 2. The van der Waals surface area contributed by atoms with E-state index < -0.39 is 12.0 Å². The van der Waals surface area contributed by atoms with E-state index >= 15 is 0 Å². The van der Waals surface area contributed by atoms with Crippen LogP contribution in [0.3, 0.4) is 0 Å². The van der Waals surface area contributed by atoms with Crippen LogP contribution in [-0.4, -0.2) is 36.2 Å². The molecule has 1 amide bonds. The van der Waals surface area contributed by atoms with Crippen LogP contribution in [-0.2, 0) is 4.79 Å². The number of carboxylic acid groups (broad SMARTS) is 1. The van der Waals surface area contributed by atoms with Gasteiger partial charge in [-0.05, 0) is 18.1 Å². The molecule has 1 unspecified atom stereocenters. The van der Waals surface area contributed by atoms with Crippen molar-refractivity contribution in [3.8, 4) is 5.75 Å². The first kappa shape index (κ1) is 15.2. The number of ether oxygens (including phenoxy) is 1. The molecule has 1 heterocycles. The van der Waals surface area contributed by atoms with Gasteiger partial charge in [-0.2, -0.15) is 0 Å². The molecular formula is C15H20N2O4. The average Bonchev–Trinajstić information content (AvgIpc) is 2.45. The molecule has 0 radical (unpaired) electrons. The van der Waals surface area contributed by atoms with E-state index in [4.69, 9.17) is 9.84 Å². The fraction of sp³-hybridized carbons (Fsp3) is 0.467. The highest BCUT2D eigenvalue weighted by molar-refractivity contribution is 5.99. The van der Waals surface area contributed by atoms with E-state index in [-0.39, 0.29) is 18.2 Å². The number of carboxylic acids is 1. The maximum absolute atomic E-state index is 12.4. The lowest BCUT2D eigenvalue weighted by Crippen LogP contribution is -2.40. The summed E-state index contributed by atoms with van der Waals surface area (Å²) in [7, 11) is 0. The molecule has 1 aromatic carbocycles. The lowest BCUT2D eigenvalue weighted by molar-refractivity contribution is -0.137. The summed E-state index contributed by atoms with van der Waals surface area (Å²) in [4.78, 5) is 23.3. The van der Waals surface area contributed by atoms with E-state index in [1.54, 1.807) is 12.1 Å². The van der Waals surface area contributed by atoms with Gasteiger partial charge >= 0.3 is 5.97 Å². The summed E-state index contributed by atoms with van der Waals surface area (Å²) in [6.07, 6.45) is -0.0997. The van der Waals surface area contributed by atoms with Crippen LogP contribution in [0.25, 0.3) is 0 Å². The summed E-state index contributed by atoms with van der Waals surface area (Å²) >= 11 is 0. The first-order valence-electron chi connectivity index (χ1n) is 7.01. The van der Waals surface area contributed by atoms with Crippen molar-refractivity contribution in [2.75, 3.05) is 18.5 Å². The molecule has 0 saturated heterocycles. The van der Waals surface area contributed by atoms with Gasteiger partial charge in [0, 0.05) is 12.6 Å². The number of fused-ring (bicyclic) bond motifs is 1. The number of aliphatic carboxylic acids is 1. The van der Waals surface area contributed by atoms with Crippen LogP contribution in [0.15, 0.2) is 18.2 Å². The Bertz CT molecular complexity index is 542. The SMILES string of the molecule is CC(C)C(CC(=O)O)NC(=O)c1cccc2c1OCCN2. The summed E-state index contributed by atoms with van der Waals surface area (Å²) < 4.78 is 5.56. The minimum absolute atomic E-state index is 0.0311. The first-order chi connectivity index (χ1) is 9.99. The fourth-order valence-corrected chi connectivity index (χ4v) is 2.24. The second-order valence-corrected chi connectivity index (χ2v) is 5.38. The smallest absolute Gasteiger partial charge is 0.305 e. The second kappa shape index (κ2) is 6.47. The summed E-state index contributed by atoms with van der Waals surface area (Å²) in [5.74, 6) is -0.680. The van der Waals surface area contributed by atoms with Crippen molar-refractivity contribution in [1.29, 1.82) is 0 Å².